The second kappa shape index (κ2) is 7.02. The highest BCUT2D eigenvalue weighted by Gasteiger charge is 2.09. The number of hydrogen-bond donors (Lipinski definition) is 1. The van der Waals surface area contributed by atoms with Crippen LogP contribution in [0.1, 0.15) is 26.3 Å². The van der Waals surface area contributed by atoms with Crippen LogP contribution in [0.5, 0.6) is 5.75 Å². The smallest absolute Gasteiger partial charge is 0.123 e. The molecule has 0 atom stereocenters. The molecule has 2 rings (SSSR count). The van der Waals surface area contributed by atoms with E-state index in [1.807, 2.05) is 32.0 Å². The molecule has 0 saturated carbocycles. The molecule has 0 bridgehead atoms. The van der Waals surface area contributed by atoms with E-state index in [4.69, 9.17) is 10.5 Å². The van der Waals surface area contributed by atoms with Crippen molar-refractivity contribution in [2.45, 2.75) is 33.4 Å². The Kier molecular flexibility index (Phi) is 5.09. The van der Waals surface area contributed by atoms with E-state index in [1.54, 1.807) is 0 Å². The average Bonchev–Trinajstić information content (AvgIpc) is 2.44. The van der Waals surface area contributed by atoms with Crippen molar-refractivity contribution in [3.63, 3.8) is 0 Å². The molecule has 0 radical (unpaired) electrons. The van der Waals surface area contributed by atoms with Gasteiger partial charge in [0.25, 0.3) is 0 Å². The molecule has 3 nitrogen and oxygen atoms in total. The third kappa shape index (κ3) is 4.42. The lowest BCUT2D eigenvalue weighted by atomic mass is 10.2. The molecular weight excluding hydrogens is 260 g/mol. The summed E-state index contributed by atoms with van der Waals surface area (Å²) in [6.07, 6.45) is 0.142. The molecule has 21 heavy (non-hydrogen) atoms. The van der Waals surface area contributed by atoms with E-state index in [2.05, 4.69) is 42.2 Å². The van der Waals surface area contributed by atoms with Crippen LogP contribution in [0.3, 0.4) is 0 Å². The highest BCUT2D eigenvalue weighted by atomic mass is 16.5. The summed E-state index contributed by atoms with van der Waals surface area (Å²) in [6.45, 7) is 7.96. The van der Waals surface area contributed by atoms with Gasteiger partial charge in [-0.3, -0.25) is 0 Å². The van der Waals surface area contributed by atoms with Crippen molar-refractivity contribution in [1.82, 2.24) is 0 Å². The van der Waals surface area contributed by atoms with E-state index in [-0.39, 0.29) is 6.10 Å². The average molecular weight is 284 g/mol. The molecule has 0 aliphatic heterocycles. The summed E-state index contributed by atoms with van der Waals surface area (Å²) in [6, 6.07) is 16.4. The molecule has 0 unspecified atom stereocenters. The van der Waals surface area contributed by atoms with Crippen LogP contribution in [0, 0.1) is 0 Å². The number of ether oxygens (including phenoxy) is 1. The zero-order valence-corrected chi connectivity index (χ0v) is 13.0. The quantitative estimate of drug-likeness (QED) is 0.812. The SMILES string of the molecule is CCN(Cc1ccccc1)c1cc(N)cc(OC(C)C)c1. The van der Waals surface area contributed by atoms with E-state index < -0.39 is 0 Å². The van der Waals surface area contributed by atoms with Crippen LogP contribution in [0.4, 0.5) is 11.4 Å². The lowest BCUT2D eigenvalue weighted by Crippen LogP contribution is -2.22. The van der Waals surface area contributed by atoms with Gasteiger partial charge < -0.3 is 15.4 Å². The van der Waals surface area contributed by atoms with Crippen LogP contribution in [0.15, 0.2) is 48.5 Å². The maximum absolute atomic E-state index is 6.01. The van der Waals surface area contributed by atoms with E-state index in [9.17, 15) is 0 Å². The standard InChI is InChI=1S/C18H24N2O/c1-4-20(13-15-8-6-5-7-9-15)17-10-16(19)11-18(12-17)21-14(2)3/h5-12,14H,4,13,19H2,1-3H3. The Bertz CT molecular complexity index is 567. The molecule has 2 N–H and O–H groups in total. The molecule has 0 heterocycles. The summed E-state index contributed by atoms with van der Waals surface area (Å²) < 4.78 is 5.77. The van der Waals surface area contributed by atoms with Crippen LogP contribution >= 0.6 is 0 Å². The molecule has 2 aromatic carbocycles. The molecule has 112 valence electrons. The van der Waals surface area contributed by atoms with Gasteiger partial charge in [-0.1, -0.05) is 30.3 Å². The summed E-state index contributed by atoms with van der Waals surface area (Å²) in [7, 11) is 0. The highest BCUT2D eigenvalue weighted by molar-refractivity contribution is 5.60. The van der Waals surface area contributed by atoms with E-state index in [0.717, 1.165) is 30.2 Å². The second-order valence-electron chi connectivity index (χ2n) is 5.43. The van der Waals surface area contributed by atoms with Crippen molar-refractivity contribution in [1.29, 1.82) is 0 Å². The Morgan fingerprint density at radius 1 is 1.10 bits per heavy atom. The summed E-state index contributed by atoms with van der Waals surface area (Å²) >= 11 is 0. The molecule has 0 aromatic heterocycles. The molecule has 0 saturated heterocycles. The number of nitrogens with zero attached hydrogens (tertiary/aromatic N) is 1. The van der Waals surface area contributed by atoms with Crippen LogP contribution in [-0.2, 0) is 6.54 Å². The topological polar surface area (TPSA) is 38.5 Å². The Morgan fingerprint density at radius 3 is 2.43 bits per heavy atom. The maximum atomic E-state index is 6.01. The lowest BCUT2D eigenvalue weighted by Gasteiger charge is -2.24. The third-order valence-corrected chi connectivity index (χ3v) is 3.25. The molecule has 3 heteroatoms. The van der Waals surface area contributed by atoms with Gasteiger partial charge in [0.05, 0.1) is 6.10 Å². The monoisotopic (exact) mass is 284 g/mol. The normalized spacial score (nSPS) is 10.7. The van der Waals surface area contributed by atoms with Gasteiger partial charge in [0.15, 0.2) is 0 Å². The summed E-state index contributed by atoms with van der Waals surface area (Å²) in [4.78, 5) is 2.29. The van der Waals surface area contributed by atoms with Gasteiger partial charge >= 0.3 is 0 Å². The fourth-order valence-electron chi connectivity index (χ4n) is 2.32. The van der Waals surface area contributed by atoms with E-state index >= 15 is 0 Å². The largest absolute Gasteiger partial charge is 0.491 e. The van der Waals surface area contributed by atoms with Gasteiger partial charge in [0.1, 0.15) is 5.75 Å². The minimum absolute atomic E-state index is 0.142. The third-order valence-electron chi connectivity index (χ3n) is 3.25. The first-order chi connectivity index (χ1) is 10.1. The predicted octanol–water partition coefficient (Wildman–Crippen LogP) is 4.08. The van der Waals surface area contributed by atoms with Crippen molar-refractivity contribution < 1.29 is 4.74 Å². The van der Waals surface area contributed by atoms with Gasteiger partial charge in [-0.2, -0.15) is 0 Å². The number of nitrogens with two attached hydrogens (primary N) is 1. The van der Waals surface area contributed by atoms with Crippen LogP contribution < -0.4 is 15.4 Å². The number of benzene rings is 2. The minimum atomic E-state index is 0.142. The van der Waals surface area contributed by atoms with Crippen molar-refractivity contribution >= 4 is 11.4 Å². The molecule has 0 aliphatic rings. The Morgan fingerprint density at radius 2 is 1.81 bits per heavy atom. The fourth-order valence-corrected chi connectivity index (χ4v) is 2.32. The van der Waals surface area contributed by atoms with Gasteiger partial charge in [0, 0.05) is 36.6 Å². The number of hydrogen-bond acceptors (Lipinski definition) is 3. The van der Waals surface area contributed by atoms with E-state index in [0.29, 0.717) is 0 Å². The van der Waals surface area contributed by atoms with Gasteiger partial charge in [0.2, 0.25) is 0 Å². The maximum Gasteiger partial charge on any atom is 0.123 e. The van der Waals surface area contributed by atoms with Gasteiger partial charge in [-0.15, -0.1) is 0 Å². The summed E-state index contributed by atoms with van der Waals surface area (Å²) in [5.41, 5.74) is 9.13. The fraction of sp³-hybridized carbons (Fsp3) is 0.333. The van der Waals surface area contributed by atoms with E-state index in [1.165, 1.54) is 5.56 Å². The first-order valence-corrected chi connectivity index (χ1v) is 7.44. The van der Waals surface area contributed by atoms with Crippen molar-refractivity contribution in [2.24, 2.45) is 0 Å². The molecule has 0 spiro atoms. The van der Waals surface area contributed by atoms with Crippen molar-refractivity contribution in [2.75, 3.05) is 17.2 Å². The molecule has 0 amide bonds. The summed E-state index contributed by atoms with van der Waals surface area (Å²) in [5.74, 6) is 0.825. The first kappa shape index (κ1) is 15.2. The van der Waals surface area contributed by atoms with Crippen LogP contribution in [-0.4, -0.2) is 12.6 Å². The molecule has 0 fully saturated rings. The Labute approximate surface area is 127 Å². The van der Waals surface area contributed by atoms with Crippen LogP contribution in [0.2, 0.25) is 0 Å². The molecule has 0 aliphatic carbocycles. The molecule has 2 aromatic rings. The number of rotatable bonds is 6. The lowest BCUT2D eigenvalue weighted by molar-refractivity contribution is 0.242. The highest BCUT2D eigenvalue weighted by Crippen LogP contribution is 2.27. The Balaban J connectivity index is 2.23. The zero-order valence-electron chi connectivity index (χ0n) is 13.0. The summed E-state index contributed by atoms with van der Waals surface area (Å²) in [5, 5.41) is 0. The van der Waals surface area contributed by atoms with Crippen molar-refractivity contribution in [3.05, 3.63) is 54.1 Å². The van der Waals surface area contributed by atoms with Gasteiger partial charge in [-0.25, -0.2) is 0 Å². The van der Waals surface area contributed by atoms with Crippen LogP contribution in [0.25, 0.3) is 0 Å². The zero-order chi connectivity index (χ0) is 15.2. The first-order valence-electron chi connectivity index (χ1n) is 7.44. The van der Waals surface area contributed by atoms with Crippen molar-refractivity contribution in [3.8, 4) is 5.75 Å². The van der Waals surface area contributed by atoms with Gasteiger partial charge in [-0.05, 0) is 32.4 Å². The minimum Gasteiger partial charge on any atom is -0.491 e. The second-order valence-corrected chi connectivity index (χ2v) is 5.43. The molecular formula is C18H24N2O. The predicted molar refractivity (Wildman–Crippen MR) is 89.8 cm³/mol. The number of nitrogen functional groups attached to an aromatic ring is 1. The Hall–Kier alpha value is -2.16. The number of anilines is 2.